The van der Waals surface area contributed by atoms with E-state index < -0.39 is 47.1 Å². The molecular formula is C48H64FN9O6S. The fourth-order valence-corrected chi connectivity index (χ4v) is 11.0. The third-order valence-electron chi connectivity index (χ3n) is 13.8. The molecule has 1 aromatic carbocycles. The van der Waals surface area contributed by atoms with E-state index in [1.807, 2.05) is 33.0 Å². The molecule has 3 fully saturated rings. The molecule has 8 rings (SSSR count). The summed E-state index contributed by atoms with van der Waals surface area (Å²) in [4.78, 5) is 70.7. The molecule has 4 aromatic rings. The molecule has 3 aliphatic heterocycles. The van der Waals surface area contributed by atoms with Gasteiger partial charge in [0.05, 0.1) is 46.7 Å². The van der Waals surface area contributed by atoms with Crippen LogP contribution in [-0.2, 0) is 48.0 Å². The van der Waals surface area contributed by atoms with Crippen LogP contribution in [0, 0.1) is 17.2 Å². The standard InChI is InChI=1S/C48H64FN9O6S/c1-8-32-33-21-36(49)34-22-40(33)57(44(32)35-20-31(24-50-42(35)29(2)63-7)56-18-16-54(5)17-19-56)26-48(3,4)27-64-47(62)37-14-11-15-58(53-37)46(61)38(23-41-51-39(34)25-65-41)52-45(60)43(55(6)28-59)30-12-9-10-13-30/h20-22,24-25,28-30,37-38,43,53H,8-19,23,26-27H2,1-7H3,(H,52,60)/t29?,37?,38?,43-/m0/s1. The average Bonchev–Trinajstić information content (AvgIpc) is 4.07. The zero-order valence-corrected chi connectivity index (χ0v) is 39.6. The van der Waals surface area contributed by atoms with Crippen LogP contribution in [0.2, 0.25) is 0 Å². The van der Waals surface area contributed by atoms with Crippen molar-refractivity contribution in [3.05, 3.63) is 51.9 Å². The van der Waals surface area contributed by atoms with Crippen LogP contribution in [0.3, 0.4) is 0 Å². The number of carbonyl (C=O) groups is 4. The summed E-state index contributed by atoms with van der Waals surface area (Å²) in [5.41, 5.74) is 8.55. The van der Waals surface area contributed by atoms with E-state index in [0.29, 0.717) is 55.0 Å². The Morgan fingerprint density at radius 3 is 2.57 bits per heavy atom. The SMILES string of the molecule is CCc1c(-c2cc(N3CCN(C)CC3)cnc2C(C)OC)n2c3cc(c(F)cc13)-c1csc(n1)CC(NC(=O)[C@H](C1CCCC1)N(C)C=O)C(=O)N1CCCC(N1)C(=O)OCC(C)(C)C2. The second-order valence-electron chi connectivity index (χ2n) is 19.1. The maximum Gasteiger partial charge on any atom is 0.324 e. The Bertz CT molecular complexity index is 2410. The predicted molar refractivity (Wildman–Crippen MR) is 249 cm³/mol. The number of hydrogen-bond donors (Lipinski definition) is 2. The van der Waals surface area contributed by atoms with Gasteiger partial charge >= 0.3 is 5.97 Å². The molecule has 3 aromatic heterocycles. The summed E-state index contributed by atoms with van der Waals surface area (Å²) in [6, 6.07) is 3.03. The highest BCUT2D eigenvalue weighted by atomic mass is 32.1. The Labute approximate surface area is 385 Å². The summed E-state index contributed by atoms with van der Waals surface area (Å²) in [5.74, 6) is -1.82. The number of carbonyl (C=O) groups excluding carboxylic acids is 4. The monoisotopic (exact) mass is 913 g/mol. The number of rotatable bonds is 10. The van der Waals surface area contributed by atoms with Crippen LogP contribution in [0.5, 0.6) is 0 Å². The van der Waals surface area contributed by atoms with Gasteiger partial charge in [-0.2, -0.15) is 0 Å². The molecule has 0 spiro atoms. The smallest absolute Gasteiger partial charge is 0.324 e. The summed E-state index contributed by atoms with van der Waals surface area (Å²) in [5, 5.41) is 7.47. The van der Waals surface area contributed by atoms with Crippen LogP contribution in [0.4, 0.5) is 10.1 Å². The van der Waals surface area contributed by atoms with Crippen molar-refractivity contribution in [1.29, 1.82) is 0 Å². The van der Waals surface area contributed by atoms with Gasteiger partial charge in [-0.25, -0.2) is 14.8 Å². The van der Waals surface area contributed by atoms with Crippen LogP contribution < -0.4 is 15.6 Å². The van der Waals surface area contributed by atoms with Crippen LogP contribution in [0.1, 0.15) is 88.6 Å². The maximum atomic E-state index is 16.8. The first kappa shape index (κ1) is 46.6. The molecule has 350 valence electrons. The zero-order chi connectivity index (χ0) is 46.2. The minimum atomic E-state index is -1.09. The second-order valence-corrected chi connectivity index (χ2v) is 20.1. The van der Waals surface area contributed by atoms with E-state index in [0.717, 1.165) is 91.0 Å². The van der Waals surface area contributed by atoms with Gasteiger partial charge in [0.2, 0.25) is 12.3 Å². The molecule has 6 heterocycles. The molecule has 65 heavy (non-hydrogen) atoms. The van der Waals surface area contributed by atoms with Crippen molar-refractivity contribution < 1.29 is 33.0 Å². The lowest BCUT2D eigenvalue weighted by Gasteiger charge is -2.36. The van der Waals surface area contributed by atoms with Crippen LogP contribution in [0.25, 0.3) is 33.4 Å². The van der Waals surface area contributed by atoms with Crippen molar-refractivity contribution in [2.24, 2.45) is 11.3 Å². The zero-order valence-electron chi connectivity index (χ0n) is 38.8. The Balaban J connectivity index is 1.26. The number of methoxy groups -OCH3 is 1. The summed E-state index contributed by atoms with van der Waals surface area (Å²) in [6.07, 6.45) is 7.35. The third kappa shape index (κ3) is 9.65. The van der Waals surface area contributed by atoms with Crippen LogP contribution in [0.15, 0.2) is 29.8 Å². The molecule has 15 nitrogen and oxygen atoms in total. The number of hydrazine groups is 1. The molecule has 1 saturated carbocycles. The number of ether oxygens (including phenoxy) is 2. The lowest BCUT2D eigenvalue weighted by Crippen LogP contribution is -2.62. The summed E-state index contributed by atoms with van der Waals surface area (Å²) in [6.45, 7) is 12.5. The average molecular weight is 914 g/mol. The quantitative estimate of drug-likeness (QED) is 0.148. The number of thiazole rings is 1. The largest absolute Gasteiger partial charge is 0.464 e. The predicted octanol–water partition coefficient (Wildman–Crippen LogP) is 5.74. The van der Waals surface area contributed by atoms with Gasteiger partial charge in [0, 0.05) is 92.7 Å². The van der Waals surface area contributed by atoms with Crippen molar-refractivity contribution in [3.63, 3.8) is 0 Å². The number of halogens is 1. The van der Waals surface area contributed by atoms with E-state index >= 15 is 4.39 Å². The van der Waals surface area contributed by atoms with E-state index in [1.54, 1.807) is 25.6 Å². The van der Waals surface area contributed by atoms with E-state index in [1.165, 1.54) is 21.2 Å². The van der Waals surface area contributed by atoms with E-state index in [2.05, 4.69) is 45.1 Å². The lowest BCUT2D eigenvalue weighted by atomic mass is 9.93. The Morgan fingerprint density at radius 2 is 1.86 bits per heavy atom. The van der Waals surface area contributed by atoms with Gasteiger partial charge in [-0.15, -0.1) is 11.3 Å². The van der Waals surface area contributed by atoms with E-state index in [9.17, 15) is 19.2 Å². The Hall–Kier alpha value is -4.97. The fourth-order valence-electron chi connectivity index (χ4n) is 10.2. The van der Waals surface area contributed by atoms with Gasteiger partial charge in [-0.05, 0) is 75.8 Å². The number of likely N-dealkylation sites (N-methyl/N-ethyl adjacent to an activating group) is 2. The van der Waals surface area contributed by atoms with Crippen LogP contribution >= 0.6 is 11.3 Å². The molecule has 2 saturated heterocycles. The molecule has 3 amide bonds. The highest BCUT2D eigenvalue weighted by molar-refractivity contribution is 7.10. The number of aromatic nitrogens is 3. The van der Waals surface area contributed by atoms with Gasteiger partial charge in [-0.3, -0.25) is 29.2 Å². The normalized spacial score (nSPS) is 22.1. The molecule has 3 unspecified atom stereocenters. The first-order valence-corrected chi connectivity index (χ1v) is 24.1. The molecule has 4 atom stereocenters. The molecule has 1 aliphatic carbocycles. The van der Waals surface area contributed by atoms with E-state index in [4.69, 9.17) is 19.4 Å². The Morgan fingerprint density at radius 1 is 1.11 bits per heavy atom. The fraction of sp³-hybridized carbons (Fsp3) is 0.583. The first-order chi connectivity index (χ1) is 31.2. The first-order valence-electron chi connectivity index (χ1n) is 23.2. The van der Waals surface area contributed by atoms with Crippen molar-refractivity contribution in [1.82, 2.24) is 40.1 Å². The number of pyridine rings is 1. The molecular weight excluding hydrogens is 850 g/mol. The number of amides is 3. The van der Waals surface area contributed by atoms with Crippen molar-refractivity contribution in [2.75, 3.05) is 65.4 Å². The third-order valence-corrected chi connectivity index (χ3v) is 14.7. The van der Waals surface area contributed by atoms with Crippen molar-refractivity contribution >= 4 is 52.1 Å². The molecule has 0 radical (unpaired) electrons. The van der Waals surface area contributed by atoms with E-state index in [-0.39, 0.29) is 25.0 Å². The Kier molecular flexibility index (Phi) is 13.9. The molecule has 2 N–H and O–H groups in total. The molecule has 17 heteroatoms. The molecule has 6 bridgehead atoms. The number of cyclic esters (lactones) is 1. The number of hydrogen-bond acceptors (Lipinski definition) is 12. The number of esters is 1. The second kappa shape index (κ2) is 19.5. The maximum absolute atomic E-state index is 16.8. The summed E-state index contributed by atoms with van der Waals surface area (Å²) in [7, 11) is 5.40. The van der Waals surface area contributed by atoms with Gasteiger partial charge < -0.3 is 34.1 Å². The number of anilines is 1. The van der Waals surface area contributed by atoms with Gasteiger partial charge in [0.1, 0.15) is 23.9 Å². The highest BCUT2D eigenvalue weighted by Gasteiger charge is 2.39. The number of benzene rings is 1. The minimum Gasteiger partial charge on any atom is -0.464 e. The number of nitrogens with zero attached hydrogens (tertiary/aromatic N) is 7. The highest BCUT2D eigenvalue weighted by Crippen LogP contribution is 2.43. The van der Waals surface area contributed by atoms with Gasteiger partial charge in [-0.1, -0.05) is 33.6 Å². The van der Waals surface area contributed by atoms with Crippen molar-refractivity contribution in [2.45, 2.75) is 110 Å². The van der Waals surface area contributed by atoms with Gasteiger partial charge in [0.25, 0.3) is 5.91 Å². The van der Waals surface area contributed by atoms with Gasteiger partial charge in [0.15, 0.2) is 0 Å². The number of nitrogens with one attached hydrogen (secondary N) is 2. The lowest BCUT2D eigenvalue weighted by molar-refractivity contribution is -0.155. The minimum absolute atomic E-state index is 0.0143. The number of fused-ring (bicyclic) bond motifs is 6. The topological polar surface area (TPSA) is 154 Å². The van der Waals surface area contributed by atoms with Crippen molar-refractivity contribution in [3.8, 4) is 22.5 Å². The summed E-state index contributed by atoms with van der Waals surface area (Å²) < 4.78 is 31.1. The molecule has 4 aliphatic rings. The number of aryl methyl sites for hydroxylation is 1. The number of piperazine rings is 1. The van der Waals surface area contributed by atoms with Crippen LogP contribution in [-0.4, -0.2) is 132 Å². The summed E-state index contributed by atoms with van der Waals surface area (Å²) >= 11 is 1.29.